The molecule has 0 radical (unpaired) electrons. The van der Waals surface area contributed by atoms with Crippen LogP contribution >= 0.6 is 0 Å². The van der Waals surface area contributed by atoms with Crippen LogP contribution in [0.25, 0.3) is 0 Å². The van der Waals surface area contributed by atoms with E-state index in [1.165, 1.54) is 25.7 Å². The molecule has 13 heavy (non-hydrogen) atoms. The number of hydrogen-bond acceptors (Lipinski definition) is 1. The van der Waals surface area contributed by atoms with E-state index >= 15 is 0 Å². The Morgan fingerprint density at radius 3 is 3.08 bits per heavy atom. The van der Waals surface area contributed by atoms with Crippen molar-refractivity contribution in [2.45, 2.75) is 32.6 Å². The number of carbonyl (C=O) groups is 1. The Hall–Kier alpha value is -0.530. The summed E-state index contributed by atoms with van der Waals surface area (Å²) in [6.07, 6.45) is 5.46. The van der Waals surface area contributed by atoms with E-state index in [4.69, 9.17) is 0 Å². The zero-order valence-corrected chi connectivity index (χ0v) is 8.18. The second-order valence-electron chi connectivity index (χ2n) is 5.17. The molecule has 0 aromatic carbocycles. The molecule has 1 N–H and O–H groups in total. The molecule has 0 bridgehead atoms. The maximum absolute atomic E-state index is 11.5. The molecule has 2 nitrogen and oxygen atoms in total. The summed E-state index contributed by atoms with van der Waals surface area (Å²) in [5.74, 6) is 2.44. The number of carbonyl (C=O) groups excluding carboxylic acids is 1. The molecule has 1 amide bonds. The van der Waals surface area contributed by atoms with Crippen molar-refractivity contribution in [3.8, 4) is 0 Å². The highest BCUT2D eigenvalue weighted by Gasteiger charge is 2.60. The van der Waals surface area contributed by atoms with E-state index in [0.29, 0.717) is 11.3 Å². The third-order valence-corrected chi connectivity index (χ3v) is 4.73. The van der Waals surface area contributed by atoms with Crippen molar-refractivity contribution in [2.75, 3.05) is 6.54 Å². The van der Waals surface area contributed by atoms with Crippen LogP contribution in [0.5, 0.6) is 0 Å². The van der Waals surface area contributed by atoms with Gasteiger partial charge in [0.15, 0.2) is 0 Å². The highest BCUT2D eigenvalue weighted by atomic mass is 16.2. The molecule has 1 spiro atoms. The van der Waals surface area contributed by atoms with Crippen molar-refractivity contribution < 1.29 is 4.79 Å². The van der Waals surface area contributed by atoms with Gasteiger partial charge in [-0.3, -0.25) is 4.79 Å². The molecule has 2 aliphatic carbocycles. The van der Waals surface area contributed by atoms with Gasteiger partial charge < -0.3 is 5.32 Å². The fraction of sp³-hybridized carbons (Fsp3) is 0.909. The van der Waals surface area contributed by atoms with Gasteiger partial charge in [-0.2, -0.15) is 0 Å². The molecule has 2 heteroatoms. The summed E-state index contributed by atoms with van der Waals surface area (Å²) in [6, 6.07) is 0. The zero-order valence-electron chi connectivity index (χ0n) is 8.18. The summed E-state index contributed by atoms with van der Waals surface area (Å²) in [5.41, 5.74) is 0.375. The maximum atomic E-state index is 11.5. The first-order chi connectivity index (χ1) is 6.24. The number of rotatable bonds is 0. The van der Waals surface area contributed by atoms with Crippen molar-refractivity contribution in [3.63, 3.8) is 0 Å². The monoisotopic (exact) mass is 179 g/mol. The number of fused-ring (bicyclic) bond motifs is 2. The van der Waals surface area contributed by atoms with E-state index in [9.17, 15) is 4.79 Å². The lowest BCUT2D eigenvalue weighted by atomic mass is 9.67. The standard InChI is InChI=1S/C11H17NO/c1-7-10(13)12-6-11(7)4-2-3-8-5-9(8)11/h7-9H,2-6H2,1H3,(H,12,13). The highest BCUT2D eigenvalue weighted by molar-refractivity contribution is 5.81. The van der Waals surface area contributed by atoms with Gasteiger partial charge in [-0.25, -0.2) is 0 Å². The van der Waals surface area contributed by atoms with Crippen LogP contribution < -0.4 is 5.32 Å². The molecular weight excluding hydrogens is 162 g/mol. The van der Waals surface area contributed by atoms with E-state index in [0.717, 1.165) is 18.4 Å². The Balaban J connectivity index is 1.91. The Kier molecular flexibility index (Phi) is 1.38. The lowest BCUT2D eigenvalue weighted by Gasteiger charge is -2.35. The van der Waals surface area contributed by atoms with Gasteiger partial charge in [-0.05, 0) is 24.7 Å². The quantitative estimate of drug-likeness (QED) is 0.600. The molecule has 0 aromatic rings. The van der Waals surface area contributed by atoms with E-state index < -0.39 is 0 Å². The molecule has 4 atom stereocenters. The number of nitrogens with one attached hydrogen (secondary N) is 1. The summed E-state index contributed by atoms with van der Waals surface area (Å²) < 4.78 is 0. The molecular formula is C11H17NO. The average molecular weight is 179 g/mol. The van der Waals surface area contributed by atoms with Crippen LogP contribution in [0.2, 0.25) is 0 Å². The van der Waals surface area contributed by atoms with Crippen LogP contribution in [0, 0.1) is 23.2 Å². The topological polar surface area (TPSA) is 29.1 Å². The summed E-state index contributed by atoms with van der Waals surface area (Å²) in [6.45, 7) is 3.09. The van der Waals surface area contributed by atoms with E-state index in [1.54, 1.807) is 0 Å². The predicted molar refractivity (Wildman–Crippen MR) is 50.1 cm³/mol. The van der Waals surface area contributed by atoms with Crippen LogP contribution in [0.1, 0.15) is 32.6 Å². The van der Waals surface area contributed by atoms with Gasteiger partial charge in [0.2, 0.25) is 5.91 Å². The van der Waals surface area contributed by atoms with E-state index in [-0.39, 0.29) is 5.92 Å². The lowest BCUT2D eigenvalue weighted by Crippen LogP contribution is -2.34. The average Bonchev–Trinajstić information content (AvgIpc) is 2.87. The SMILES string of the molecule is CC1C(=O)NCC12CCCC1CC12. The van der Waals surface area contributed by atoms with E-state index in [2.05, 4.69) is 12.2 Å². The minimum Gasteiger partial charge on any atom is -0.355 e. The fourth-order valence-corrected chi connectivity index (χ4v) is 3.73. The predicted octanol–water partition coefficient (Wildman–Crippen LogP) is 1.56. The summed E-state index contributed by atoms with van der Waals surface area (Å²) in [4.78, 5) is 11.5. The van der Waals surface area contributed by atoms with Crippen LogP contribution in [0.3, 0.4) is 0 Å². The van der Waals surface area contributed by atoms with Crippen molar-refractivity contribution in [1.82, 2.24) is 5.32 Å². The molecule has 3 fully saturated rings. The summed E-state index contributed by atoms with van der Waals surface area (Å²) in [5, 5.41) is 3.05. The first kappa shape index (κ1) is 7.84. The lowest BCUT2D eigenvalue weighted by molar-refractivity contribution is -0.123. The number of amides is 1. The van der Waals surface area contributed by atoms with Gasteiger partial charge in [0, 0.05) is 17.9 Å². The van der Waals surface area contributed by atoms with Crippen LogP contribution in [0.15, 0.2) is 0 Å². The van der Waals surface area contributed by atoms with Crippen molar-refractivity contribution in [2.24, 2.45) is 23.2 Å². The number of hydrogen-bond donors (Lipinski definition) is 1. The fourth-order valence-electron chi connectivity index (χ4n) is 3.73. The molecule has 1 aliphatic heterocycles. The molecule has 0 aromatic heterocycles. The molecule has 1 heterocycles. The Labute approximate surface area is 79.1 Å². The summed E-state index contributed by atoms with van der Waals surface area (Å²) >= 11 is 0. The van der Waals surface area contributed by atoms with Crippen LogP contribution in [-0.4, -0.2) is 12.5 Å². The van der Waals surface area contributed by atoms with Crippen molar-refractivity contribution >= 4 is 5.91 Å². The minimum atomic E-state index is 0.280. The normalized spacial score (nSPS) is 53.3. The largest absolute Gasteiger partial charge is 0.355 e. The zero-order chi connectivity index (χ0) is 9.05. The second kappa shape index (κ2) is 2.28. The Morgan fingerprint density at radius 1 is 1.54 bits per heavy atom. The highest BCUT2D eigenvalue weighted by Crippen LogP contribution is 2.63. The molecule has 72 valence electrons. The third-order valence-electron chi connectivity index (χ3n) is 4.73. The molecule has 4 unspecified atom stereocenters. The van der Waals surface area contributed by atoms with Gasteiger partial charge in [0.1, 0.15) is 0 Å². The van der Waals surface area contributed by atoms with Gasteiger partial charge in [-0.1, -0.05) is 19.8 Å². The molecule has 1 saturated heterocycles. The Bertz CT molecular complexity index is 263. The first-order valence-corrected chi connectivity index (χ1v) is 5.52. The minimum absolute atomic E-state index is 0.280. The van der Waals surface area contributed by atoms with Gasteiger partial charge in [0.05, 0.1) is 0 Å². The van der Waals surface area contributed by atoms with Crippen molar-refractivity contribution in [1.29, 1.82) is 0 Å². The third kappa shape index (κ3) is 0.866. The van der Waals surface area contributed by atoms with Crippen LogP contribution in [0.4, 0.5) is 0 Å². The maximum Gasteiger partial charge on any atom is 0.223 e. The molecule has 2 saturated carbocycles. The van der Waals surface area contributed by atoms with Gasteiger partial charge in [-0.15, -0.1) is 0 Å². The second-order valence-corrected chi connectivity index (χ2v) is 5.17. The van der Waals surface area contributed by atoms with E-state index in [1.807, 2.05) is 0 Å². The molecule has 3 aliphatic rings. The van der Waals surface area contributed by atoms with Crippen LogP contribution in [-0.2, 0) is 4.79 Å². The molecule has 3 rings (SSSR count). The van der Waals surface area contributed by atoms with Gasteiger partial charge in [0.25, 0.3) is 0 Å². The summed E-state index contributed by atoms with van der Waals surface area (Å²) in [7, 11) is 0. The van der Waals surface area contributed by atoms with Crippen molar-refractivity contribution in [3.05, 3.63) is 0 Å². The van der Waals surface area contributed by atoms with Gasteiger partial charge >= 0.3 is 0 Å². The first-order valence-electron chi connectivity index (χ1n) is 5.52. The smallest absolute Gasteiger partial charge is 0.223 e. The Morgan fingerprint density at radius 2 is 2.38 bits per heavy atom.